The van der Waals surface area contributed by atoms with Crippen LogP contribution in [0.1, 0.15) is 143 Å². The Morgan fingerprint density at radius 3 is 2.35 bits per heavy atom. The van der Waals surface area contributed by atoms with Crippen molar-refractivity contribution in [3.05, 3.63) is 0 Å². The summed E-state index contributed by atoms with van der Waals surface area (Å²) in [6, 6.07) is 0. The lowest BCUT2D eigenvalue weighted by Crippen LogP contribution is -2.53. The molecule has 4 aliphatic rings. The number of fused-ring (bicyclic) bond motifs is 5. The van der Waals surface area contributed by atoms with Gasteiger partial charge in [-0.15, -0.1) is 0 Å². The first-order chi connectivity index (χ1) is 16.3. The minimum atomic E-state index is -0.535. The number of carboxylic acids is 1. The molecule has 4 saturated carbocycles. The molecule has 0 saturated heterocycles. The summed E-state index contributed by atoms with van der Waals surface area (Å²) in [5, 5.41) is 10.00. The molecule has 2 heteroatoms. The van der Waals surface area contributed by atoms with Crippen LogP contribution in [0.2, 0.25) is 0 Å². The van der Waals surface area contributed by atoms with Gasteiger partial charge in [0.25, 0.3) is 0 Å². The van der Waals surface area contributed by atoms with Crippen molar-refractivity contribution in [3.63, 3.8) is 0 Å². The normalized spacial score (nSPS) is 41.2. The van der Waals surface area contributed by atoms with Crippen molar-refractivity contribution in [1.82, 2.24) is 0 Å². The maximum absolute atomic E-state index is 12.1. The average molecular weight is 473 g/mol. The molecule has 34 heavy (non-hydrogen) atoms. The molecule has 9 atom stereocenters. The van der Waals surface area contributed by atoms with Crippen LogP contribution in [0.3, 0.4) is 0 Å². The van der Waals surface area contributed by atoms with Gasteiger partial charge in [-0.25, -0.2) is 0 Å². The van der Waals surface area contributed by atoms with Crippen LogP contribution >= 0.6 is 0 Å². The second-order valence-corrected chi connectivity index (χ2v) is 13.9. The molecule has 0 aromatic rings. The molecule has 0 heterocycles. The molecule has 4 fully saturated rings. The van der Waals surface area contributed by atoms with Gasteiger partial charge >= 0.3 is 5.97 Å². The fraction of sp³-hybridized carbons (Fsp3) is 0.969. The molecule has 0 aromatic carbocycles. The molecule has 0 bridgehead atoms. The monoisotopic (exact) mass is 472 g/mol. The van der Waals surface area contributed by atoms with Gasteiger partial charge in [0, 0.05) is 0 Å². The van der Waals surface area contributed by atoms with Gasteiger partial charge in [0.2, 0.25) is 0 Å². The zero-order valence-electron chi connectivity index (χ0n) is 23.1. The minimum Gasteiger partial charge on any atom is -0.481 e. The van der Waals surface area contributed by atoms with Gasteiger partial charge in [0.15, 0.2) is 0 Å². The average Bonchev–Trinajstić information content (AvgIpc) is 3.17. The summed E-state index contributed by atoms with van der Waals surface area (Å²) in [4.78, 5) is 12.1. The van der Waals surface area contributed by atoms with Gasteiger partial charge in [0.1, 0.15) is 0 Å². The van der Waals surface area contributed by atoms with Crippen molar-refractivity contribution in [1.29, 1.82) is 0 Å². The Morgan fingerprint density at radius 2 is 1.59 bits per heavy atom. The zero-order chi connectivity index (χ0) is 24.3. The predicted octanol–water partition coefficient (Wildman–Crippen LogP) is 9.51. The number of carboxylic acid groups (broad SMARTS) is 1. The third-order valence-electron chi connectivity index (χ3n) is 12.3. The number of unbranched alkanes of at least 4 members (excludes halogenated alkanes) is 5. The van der Waals surface area contributed by atoms with E-state index in [1.165, 1.54) is 96.3 Å². The van der Waals surface area contributed by atoms with Crippen LogP contribution in [0.15, 0.2) is 0 Å². The van der Waals surface area contributed by atoms with Gasteiger partial charge in [-0.2, -0.15) is 0 Å². The molecule has 196 valence electrons. The largest absolute Gasteiger partial charge is 0.481 e. The van der Waals surface area contributed by atoms with Crippen LogP contribution in [0.5, 0.6) is 0 Å². The molecule has 1 N–H and O–H groups in total. The first-order valence-electron chi connectivity index (χ1n) is 15.5. The molecule has 0 aliphatic heterocycles. The number of carbonyl (C=O) groups is 1. The lowest BCUT2D eigenvalue weighted by atomic mass is 9.44. The molecule has 0 spiro atoms. The van der Waals surface area contributed by atoms with Crippen LogP contribution in [-0.4, -0.2) is 11.1 Å². The Labute approximate surface area is 211 Å². The topological polar surface area (TPSA) is 37.3 Å². The van der Waals surface area contributed by atoms with Crippen molar-refractivity contribution < 1.29 is 9.90 Å². The van der Waals surface area contributed by atoms with Gasteiger partial charge < -0.3 is 5.11 Å². The highest BCUT2D eigenvalue weighted by Crippen LogP contribution is 2.68. The Kier molecular flexibility index (Phi) is 8.78. The fourth-order valence-corrected chi connectivity index (χ4v) is 10.4. The number of hydrogen-bond donors (Lipinski definition) is 1. The van der Waals surface area contributed by atoms with Crippen molar-refractivity contribution in [2.45, 2.75) is 143 Å². The molecule has 4 rings (SSSR count). The van der Waals surface area contributed by atoms with E-state index in [-0.39, 0.29) is 5.92 Å². The van der Waals surface area contributed by atoms with E-state index in [1.807, 2.05) is 0 Å². The Morgan fingerprint density at radius 1 is 0.853 bits per heavy atom. The van der Waals surface area contributed by atoms with Crippen molar-refractivity contribution >= 4 is 5.97 Å². The lowest BCUT2D eigenvalue weighted by molar-refractivity contribution is -0.143. The summed E-state index contributed by atoms with van der Waals surface area (Å²) in [6.45, 7) is 10.00. The van der Waals surface area contributed by atoms with Crippen molar-refractivity contribution in [3.8, 4) is 0 Å². The highest BCUT2D eigenvalue weighted by Gasteiger charge is 2.60. The van der Waals surface area contributed by atoms with Crippen LogP contribution in [0.4, 0.5) is 0 Å². The smallest absolute Gasteiger partial charge is 0.306 e. The van der Waals surface area contributed by atoms with E-state index < -0.39 is 5.97 Å². The molecule has 0 amide bonds. The van der Waals surface area contributed by atoms with E-state index in [0.717, 1.165) is 48.9 Å². The second kappa shape index (κ2) is 11.2. The standard InChI is InChI=1S/C32H56O2/c1-5-6-7-8-9-10-13-24(30(33)34)22-23(2)27-17-18-28-26-16-15-25-14-11-12-20-31(25,3)29(26)19-21-32(27,28)4/h23-29H,5-22H2,1-4H3,(H,33,34)/t23-,24?,25?,26+,27-,28+,29+,31+,32-/m1/s1. The Balaban J connectivity index is 1.36. The summed E-state index contributed by atoms with van der Waals surface area (Å²) >= 11 is 0. The van der Waals surface area contributed by atoms with Crippen LogP contribution in [0, 0.1) is 52.3 Å². The molecular weight excluding hydrogens is 416 g/mol. The summed E-state index contributed by atoms with van der Waals surface area (Å²) in [6.07, 6.45) is 23.8. The SMILES string of the molecule is CCCCCCCCC(C[C@@H](C)[C@H]1CC[C@H]2[C@@H]3CCC4CCCC[C@]4(C)[C@H]3CC[C@]12C)C(=O)O. The second-order valence-electron chi connectivity index (χ2n) is 13.9. The molecule has 0 radical (unpaired) electrons. The maximum Gasteiger partial charge on any atom is 0.306 e. The van der Waals surface area contributed by atoms with E-state index in [4.69, 9.17) is 0 Å². The first kappa shape index (κ1) is 26.5. The third kappa shape index (κ3) is 5.13. The molecule has 0 aromatic heterocycles. The molecule has 4 aliphatic carbocycles. The van der Waals surface area contributed by atoms with E-state index in [9.17, 15) is 9.90 Å². The quantitative estimate of drug-likeness (QED) is 0.304. The molecule has 2 nitrogen and oxygen atoms in total. The Bertz CT molecular complexity index is 672. The zero-order valence-corrected chi connectivity index (χ0v) is 23.1. The molecule has 2 unspecified atom stereocenters. The maximum atomic E-state index is 12.1. The fourth-order valence-electron chi connectivity index (χ4n) is 10.4. The predicted molar refractivity (Wildman–Crippen MR) is 143 cm³/mol. The summed E-state index contributed by atoms with van der Waals surface area (Å²) in [7, 11) is 0. The van der Waals surface area contributed by atoms with Crippen LogP contribution < -0.4 is 0 Å². The van der Waals surface area contributed by atoms with E-state index in [1.54, 1.807) is 0 Å². The molecular formula is C32H56O2. The van der Waals surface area contributed by atoms with E-state index in [2.05, 4.69) is 27.7 Å². The number of aliphatic carboxylic acids is 1. The minimum absolute atomic E-state index is 0.128. The van der Waals surface area contributed by atoms with E-state index in [0.29, 0.717) is 16.7 Å². The van der Waals surface area contributed by atoms with Gasteiger partial charge in [-0.05, 0) is 111 Å². The van der Waals surface area contributed by atoms with Gasteiger partial charge in [-0.1, -0.05) is 79.1 Å². The van der Waals surface area contributed by atoms with Gasteiger partial charge in [0.05, 0.1) is 5.92 Å². The van der Waals surface area contributed by atoms with E-state index >= 15 is 0 Å². The number of rotatable bonds is 11. The summed E-state index contributed by atoms with van der Waals surface area (Å²) in [5.41, 5.74) is 1.08. The summed E-state index contributed by atoms with van der Waals surface area (Å²) in [5.74, 6) is 4.45. The van der Waals surface area contributed by atoms with Crippen LogP contribution in [-0.2, 0) is 4.79 Å². The lowest BCUT2D eigenvalue weighted by Gasteiger charge is -2.61. The first-order valence-corrected chi connectivity index (χ1v) is 15.5. The highest BCUT2D eigenvalue weighted by molar-refractivity contribution is 5.69. The van der Waals surface area contributed by atoms with Gasteiger partial charge in [-0.3, -0.25) is 4.79 Å². The summed E-state index contributed by atoms with van der Waals surface area (Å²) < 4.78 is 0. The van der Waals surface area contributed by atoms with Crippen molar-refractivity contribution in [2.75, 3.05) is 0 Å². The Hall–Kier alpha value is -0.530. The number of hydrogen-bond acceptors (Lipinski definition) is 1. The third-order valence-corrected chi connectivity index (χ3v) is 12.3. The van der Waals surface area contributed by atoms with Crippen molar-refractivity contribution in [2.24, 2.45) is 52.3 Å². The highest BCUT2D eigenvalue weighted by atomic mass is 16.4. The van der Waals surface area contributed by atoms with Crippen LogP contribution in [0.25, 0.3) is 0 Å².